The van der Waals surface area contributed by atoms with Crippen LogP contribution in [0.4, 0.5) is 0 Å². The van der Waals surface area contributed by atoms with E-state index in [1.54, 1.807) is 61.5 Å². The van der Waals surface area contributed by atoms with Crippen LogP contribution >= 0.6 is 11.6 Å². The topological polar surface area (TPSA) is 75.0 Å². The number of furan rings is 1. The number of carbonyl (C=O) groups excluding carboxylic acids is 2. The molecule has 1 aliphatic rings. The van der Waals surface area contributed by atoms with Crippen LogP contribution in [0.5, 0.6) is 17.2 Å². The van der Waals surface area contributed by atoms with Gasteiger partial charge >= 0.3 is 5.97 Å². The standard InChI is InChI=1S/C26H17ClO6/c1-14-19(33-26(29)22-13-16-7-5-9-20(30-2)25(16)32-22)11-10-17-23(28)21(31-24(14)17)12-15-6-3-4-8-18(15)27/h3-13H,1-2H3/b21-12-. The van der Waals surface area contributed by atoms with E-state index in [9.17, 15) is 9.59 Å². The van der Waals surface area contributed by atoms with Gasteiger partial charge in [-0.3, -0.25) is 4.79 Å². The van der Waals surface area contributed by atoms with Crippen molar-refractivity contribution in [2.45, 2.75) is 6.92 Å². The lowest BCUT2D eigenvalue weighted by molar-refractivity contribution is 0.0702. The van der Waals surface area contributed by atoms with Crippen LogP contribution in [-0.4, -0.2) is 18.9 Å². The molecule has 7 heteroatoms. The summed E-state index contributed by atoms with van der Waals surface area (Å²) in [6.07, 6.45) is 1.59. The Kier molecular flexibility index (Phi) is 5.15. The maximum Gasteiger partial charge on any atom is 0.379 e. The van der Waals surface area contributed by atoms with Gasteiger partial charge in [0.1, 0.15) is 11.5 Å². The number of ketones is 1. The second kappa shape index (κ2) is 8.15. The highest BCUT2D eigenvalue weighted by atomic mass is 35.5. The number of para-hydroxylation sites is 1. The minimum atomic E-state index is -0.674. The minimum Gasteiger partial charge on any atom is -0.493 e. The van der Waals surface area contributed by atoms with Gasteiger partial charge in [0.25, 0.3) is 0 Å². The Hall–Kier alpha value is -4.03. The molecule has 2 heterocycles. The summed E-state index contributed by atoms with van der Waals surface area (Å²) < 4.78 is 22.3. The van der Waals surface area contributed by atoms with Crippen LogP contribution in [0.3, 0.4) is 0 Å². The van der Waals surface area contributed by atoms with Gasteiger partial charge in [-0.25, -0.2) is 4.79 Å². The summed E-state index contributed by atoms with van der Waals surface area (Å²) in [5.41, 5.74) is 2.03. The number of hydrogen-bond donors (Lipinski definition) is 0. The van der Waals surface area contributed by atoms with E-state index in [4.69, 9.17) is 30.2 Å². The van der Waals surface area contributed by atoms with Gasteiger partial charge in [-0.2, -0.15) is 0 Å². The summed E-state index contributed by atoms with van der Waals surface area (Å²) in [7, 11) is 1.53. The fourth-order valence-electron chi connectivity index (χ4n) is 3.66. The van der Waals surface area contributed by atoms with E-state index in [2.05, 4.69) is 0 Å². The second-order valence-electron chi connectivity index (χ2n) is 7.41. The van der Waals surface area contributed by atoms with Crippen LogP contribution in [0, 0.1) is 6.92 Å². The molecule has 0 atom stereocenters. The number of hydrogen-bond acceptors (Lipinski definition) is 6. The first-order valence-corrected chi connectivity index (χ1v) is 10.4. The largest absolute Gasteiger partial charge is 0.493 e. The average Bonchev–Trinajstić information content (AvgIpc) is 3.39. The summed E-state index contributed by atoms with van der Waals surface area (Å²) in [4.78, 5) is 25.6. The molecule has 5 rings (SSSR count). The van der Waals surface area contributed by atoms with E-state index < -0.39 is 5.97 Å². The number of fused-ring (bicyclic) bond motifs is 2. The summed E-state index contributed by atoms with van der Waals surface area (Å²) in [5.74, 6) is 0.361. The molecular formula is C26H17ClO6. The number of benzene rings is 3. The maximum absolute atomic E-state index is 12.8. The molecule has 0 radical (unpaired) electrons. The molecule has 1 aliphatic heterocycles. The molecular weight excluding hydrogens is 444 g/mol. The number of ether oxygens (including phenoxy) is 3. The van der Waals surface area contributed by atoms with Crippen molar-refractivity contribution in [1.29, 1.82) is 0 Å². The molecule has 0 unspecified atom stereocenters. The zero-order chi connectivity index (χ0) is 23.1. The summed E-state index contributed by atoms with van der Waals surface area (Å²) in [6.45, 7) is 1.72. The summed E-state index contributed by atoms with van der Waals surface area (Å²) >= 11 is 6.20. The lowest BCUT2D eigenvalue weighted by atomic mass is 10.1. The van der Waals surface area contributed by atoms with Gasteiger partial charge in [-0.1, -0.05) is 41.9 Å². The van der Waals surface area contributed by atoms with E-state index in [1.807, 2.05) is 12.1 Å². The van der Waals surface area contributed by atoms with Crippen molar-refractivity contribution in [3.63, 3.8) is 0 Å². The van der Waals surface area contributed by atoms with Crippen LogP contribution in [0.15, 0.2) is 70.8 Å². The lowest BCUT2D eigenvalue weighted by Crippen LogP contribution is -2.08. The molecule has 0 amide bonds. The molecule has 0 saturated carbocycles. The minimum absolute atomic E-state index is 0.0331. The van der Waals surface area contributed by atoms with Crippen LogP contribution < -0.4 is 14.2 Å². The van der Waals surface area contributed by atoms with Crippen LogP contribution in [0.25, 0.3) is 17.0 Å². The van der Waals surface area contributed by atoms with Crippen molar-refractivity contribution in [2.24, 2.45) is 0 Å². The SMILES string of the molecule is COc1cccc2cc(C(=O)Oc3ccc4c(c3C)O/C(=C\c3ccccc3Cl)C4=O)oc12. The van der Waals surface area contributed by atoms with Crippen LogP contribution in [0.2, 0.25) is 5.02 Å². The fraction of sp³-hybridized carbons (Fsp3) is 0.0769. The van der Waals surface area contributed by atoms with E-state index in [0.717, 1.165) is 5.39 Å². The molecule has 1 aromatic heterocycles. The number of esters is 1. The zero-order valence-corrected chi connectivity index (χ0v) is 18.4. The van der Waals surface area contributed by atoms with Crippen molar-refractivity contribution >= 4 is 40.4 Å². The Morgan fingerprint density at radius 3 is 2.64 bits per heavy atom. The third-order valence-corrected chi connectivity index (χ3v) is 5.70. The Morgan fingerprint density at radius 1 is 1.03 bits per heavy atom. The van der Waals surface area contributed by atoms with Crippen molar-refractivity contribution < 1.29 is 28.2 Å². The van der Waals surface area contributed by atoms with E-state index in [0.29, 0.717) is 38.8 Å². The number of Topliss-reactive ketones (excluding diaryl/α,β-unsaturated/α-hetero) is 1. The molecule has 0 saturated heterocycles. The molecule has 164 valence electrons. The molecule has 0 fully saturated rings. The number of rotatable bonds is 4. The highest BCUT2D eigenvalue weighted by Crippen LogP contribution is 2.40. The predicted molar refractivity (Wildman–Crippen MR) is 123 cm³/mol. The predicted octanol–water partition coefficient (Wildman–Crippen LogP) is 6.24. The van der Waals surface area contributed by atoms with E-state index >= 15 is 0 Å². The molecule has 0 N–H and O–H groups in total. The molecule has 33 heavy (non-hydrogen) atoms. The lowest BCUT2D eigenvalue weighted by Gasteiger charge is -2.09. The van der Waals surface area contributed by atoms with Gasteiger partial charge < -0.3 is 18.6 Å². The highest BCUT2D eigenvalue weighted by Gasteiger charge is 2.31. The first-order valence-electron chi connectivity index (χ1n) is 10.1. The molecule has 0 spiro atoms. The third kappa shape index (κ3) is 3.64. The quantitative estimate of drug-likeness (QED) is 0.204. The van der Waals surface area contributed by atoms with Crippen molar-refractivity contribution in [3.05, 3.63) is 93.9 Å². The Morgan fingerprint density at radius 2 is 1.85 bits per heavy atom. The van der Waals surface area contributed by atoms with Gasteiger partial charge in [0, 0.05) is 16.0 Å². The monoisotopic (exact) mass is 460 g/mol. The van der Waals surface area contributed by atoms with E-state index in [-0.39, 0.29) is 23.1 Å². The Bertz CT molecular complexity index is 1460. The fourth-order valence-corrected chi connectivity index (χ4v) is 3.85. The number of allylic oxidation sites excluding steroid dienone is 1. The summed E-state index contributed by atoms with van der Waals surface area (Å²) in [6, 6.07) is 17.2. The molecule has 4 aromatic rings. The normalized spacial score (nSPS) is 13.8. The van der Waals surface area contributed by atoms with Gasteiger partial charge in [0.2, 0.25) is 11.5 Å². The summed E-state index contributed by atoms with van der Waals surface area (Å²) in [5, 5.41) is 1.22. The third-order valence-electron chi connectivity index (χ3n) is 5.36. The van der Waals surface area contributed by atoms with Crippen molar-refractivity contribution in [3.8, 4) is 17.2 Å². The van der Waals surface area contributed by atoms with Gasteiger partial charge in [0.05, 0.1) is 12.7 Å². The first kappa shape index (κ1) is 20.8. The van der Waals surface area contributed by atoms with Crippen LogP contribution in [-0.2, 0) is 0 Å². The Labute approximate surface area is 193 Å². The number of halogens is 1. The van der Waals surface area contributed by atoms with Gasteiger partial charge in [0.15, 0.2) is 17.1 Å². The van der Waals surface area contributed by atoms with E-state index in [1.165, 1.54) is 7.11 Å². The van der Waals surface area contributed by atoms with Gasteiger partial charge in [-0.05, 0) is 48.9 Å². The smallest absolute Gasteiger partial charge is 0.379 e. The number of carbonyl (C=O) groups is 2. The van der Waals surface area contributed by atoms with Gasteiger partial charge in [-0.15, -0.1) is 0 Å². The number of methoxy groups -OCH3 is 1. The van der Waals surface area contributed by atoms with Crippen molar-refractivity contribution in [1.82, 2.24) is 0 Å². The van der Waals surface area contributed by atoms with Crippen molar-refractivity contribution in [2.75, 3.05) is 7.11 Å². The molecule has 0 aliphatic carbocycles. The molecule has 0 bridgehead atoms. The highest BCUT2D eigenvalue weighted by molar-refractivity contribution is 6.32. The van der Waals surface area contributed by atoms with Crippen LogP contribution in [0.1, 0.15) is 32.0 Å². The maximum atomic E-state index is 12.8. The molecule has 3 aromatic carbocycles. The zero-order valence-electron chi connectivity index (χ0n) is 17.7. The second-order valence-corrected chi connectivity index (χ2v) is 7.81. The molecule has 6 nitrogen and oxygen atoms in total. The first-order chi connectivity index (χ1) is 16.0. The Balaban J connectivity index is 1.43. The average molecular weight is 461 g/mol.